The SMILES string of the molecule is CCCc1ccc(C(C)(CC(F)(F)C(F)(F)C(F)(F)C(F)(F)C(F)(F)F)OC)cc1. The van der Waals surface area contributed by atoms with E-state index in [0.29, 0.717) is 12.8 Å². The van der Waals surface area contributed by atoms with Crippen LogP contribution in [-0.4, -0.2) is 37.0 Å². The maximum Gasteiger partial charge on any atom is 0.460 e. The average molecular weight is 460 g/mol. The molecule has 0 aromatic heterocycles. The van der Waals surface area contributed by atoms with Gasteiger partial charge in [-0.3, -0.25) is 0 Å². The van der Waals surface area contributed by atoms with E-state index in [9.17, 15) is 48.3 Å². The van der Waals surface area contributed by atoms with Gasteiger partial charge in [0.05, 0.1) is 12.0 Å². The second kappa shape index (κ2) is 8.16. The summed E-state index contributed by atoms with van der Waals surface area (Å²) in [6.07, 6.45) is -8.18. The lowest BCUT2D eigenvalue weighted by molar-refractivity contribution is -0.424. The molecular formula is C18H19F11O. The van der Waals surface area contributed by atoms with Gasteiger partial charge in [-0.25, -0.2) is 0 Å². The third-order valence-corrected chi connectivity index (χ3v) is 4.72. The second-order valence-corrected chi connectivity index (χ2v) is 6.98. The van der Waals surface area contributed by atoms with E-state index < -0.39 is 41.9 Å². The van der Waals surface area contributed by atoms with E-state index in [2.05, 4.69) is 0 Å². The van der Waals surface area contributed by atoms with Crippen LogP contribution in [0, 0.1) is 0 Å². The van der Waals surface area contributed by atoms with E-state index >= 15 is 0 Å². The molecule has 1 atom stereocenters. The maximum absolute atomic E-state index is 14.2. The highest BCUT2D eigenvalue weighted by Gasteiger charge is 2.87. The number of alkyl halides is 11. The molecule has 0 aliphatic rings. The van der Waals surface area contributed by atoms with E-state index in [0.717, 1.165) is 19.6 Å². The van der Waals surface area contributed by atoms with Gasteiger partial charge in [-0.2, -0.15) is 48.3 Å². The molecule has 0 spiro atoms. The Hall–Kier alpha value is -1.59. The van der Waals surface area contributed by atoms with Crippen LogP contribution in [-0.2, 0) is 16.8 Å². The van der Waals surface area contributed by atoms with Crippen LogP contribution in [0.5, 0.6) is 0 Å². The fourth-order valence-corrected chi connectivity index (χ4v) is 2.74. The fourth-order valence-electron chi connectivity index (χ4n) is 2.74. The van der Waals surface area contributed by atoms with Crippen molar-refractivity contribution in [1.82, 2.24) is 0 Å². The van der Waals surface area contributed by atoms with Gasteiger partial charge in [0, 0.05) is 7.11 Å². The largest absolute Gasteiger partial charge is 0.460 e. The molecule has 0 bridgehead atoms. The molecule has 1 unspecified atom stereocenters. The Bertz CT molecular complexity index is 710. The number of hydrogen-bond donors (Lipinski definition) is 0. The first-order valence-electron chi connectivity index (χ1n) is 8.53. The lowest BCUT2D eigenvalue weighted by Gasteiger charge is -2.40. The molecule has 0 heterocycles. The molecule has 0 aliphatic carbocycles. The number of ether oxygens (including phenoxy) is 1. The van der Waals surface area contributed by atoms with Crippen LogP contribution < -0.4 is 0 Å². The number of halogens is 11. The molecule has 0 saturated heterocycles. The van der Waals surface area contributed by atoms with Gasteiger partial charge in [0.15, 0.2) is 0 Å². The molecule has 0 amide bonds. The molecule has 1 aromatic carbocycles. The fraction of sp³-hybridized carbons (Fsp3) is 0.667. The monoisotopic (exact) mass is 460 g/mol. The van der Waals surface area contributed by atoms with Gasteiger partial charge in [-0.05, 0) is 24.5 Å². The summed E-state index contributed by atoms with van der Waals surface area (Å²) in [6, 6.07) is 5.23. The Balaban J connectivity index is 3.36. The van der Waals surface area contributed by atoms with Crippen molar-refractivity contribution in [2.45, 2.75) is 68.6 Å². The first-order valence-corrected chi connectivity index (χ1v) is 8.53. The van der Waals surface area contributed by atoms with Crippen molar-refractivity contribution in [3.05, 3.63) is 35.4 Å². The topological polar surface area (TPSA) is 9.23 Å². The molecular weight excluding hydrogens is 441 g/mol. The summed E-state index contributed by atoms with van der Waals surface area (Å²) in [4.78, 5) is 0. The van der Waals surface area contributed by atoms with Gasteiger partial charge in [0.25, 0.3) is 0 Å². The maximum atomic E-state index is 14.2. The van der Waals surface area contributed by atoms with Gasteiger partial charge >= 0.3 is 29.9 Å². The summed E-state index contributed by atoms with van der Waals surface area (Å²) in [5.74, 6) is -27.9. The summed E-state index contributed by atoms with van der Waals surface area (Å²) in [7, 11) is 0.774. The molecule has 0 radical (unpaired) electrons. The Labute approximate surface area is 165 Å². The van der Waals surface area contributed by atoms with Crippen LogP contribution in [0.3, 0.4) is 0 Å². The highest BCUT2D eigenvalue weighted by Crippen LogP contribution is 2.59. The van der Waals surface area contributed by atoms with Crippen LogP contribution in [0.4, 0.5) is 48.3 Å². The van der Waals surface area contributed by atoms with Crippen LogP contribution in [0.25, 0.3) is 0 Å². The van der Waals surface area contributed by atoms with Crippen molar-refractivity contribution >= 4 is 0 Å². The number of benzene rings is 1. The summed E-state index contributed by atoms with van der Waals surface area (Å²) in [5.41, 5.74) is -1.86. The molecule has 0 N–H and O–H groups in total. The van der Waals surface area contributed by atoms with Crippen molar-refractivity contribution in [2.75, 3.05) is 7.11 Å². The van der Waals surface area contributed by atoms with Crippen molar-refractivity contribution in [3.63, 3.8) is 0 Å². The van der Waals surface area contributed by atoms with Crippen molar-refractivity contribution in [3.8, 4) is 0 Å². The molecule has 30 heavy (non-hydrogen) atoms. The van der Waals surface area contributed by atoms with Crippen molar-refractivity contribution in [1.29, 1.82) is 0 Å². The Morgan fingerprint density at radius 1 is 0.733 bits per heavy atom. The number of aryl methyl sites for hydroxylation is 1. The lowest BCUT2D eigenvalue weighted by atomic mass is 9.84. The summed E-state index contributed by atoms with van der Waals surface area (Å²) >= 11 is 0. The smallest absolute Gasteiger partial charge is 0.374 e. The van der Waals surface area contributed by atoms with Crippen LogP contribution >= 0.6 is 0 Å². The molecule has 1 aromatic rings. The number of methoxy groups -OCH3 is 1. The minimum Gasteiger partial charge on any atom is -0.374 e. The first-order chi connectivity index (χ1) is 13.3. The van der Waals surface area contributed by atoms with Gasteiger partial charge in [0.1, 0.15) is 0 Å². The normalized spacial score (nSPS) is 16.5. The minimum atomic E-state index is -7.43. The first kappa shape index (κ1) is 26.4. The van der Waals surface area contributed by atoms with E-state index in [-0.39, 0.29) is 5.56 Å². The quantitative estimate of drug-likeness (QED) is 0.361. The zero-order valence-corrected chi connectivity index (χ0v) is 16.0. The van der Waals surface area contributed by atoms with E-state index in [1.165, 1.54) is 24.3 Å². The van der Waals surface area contributed by atoms with Crippen molar-refractivity contribution in [2.24, 2.45) is 0 Å². The number of rotatable bonds is 9. The Morgan fingerprint density at radius 3 is 1.57 bits per heavy atom. The zero-order chi connectivity index (χ0) is 23.8. The third-order valence-electron chi connectivity index (χ3n) is 4.72. The van der Waals surface area contributed by atoms with Crippen LogP contribution in [0.1, 0.15) is 37.8 Å². The summed E-state index contributed by atoms with van der Waals surface area (Å²) in [6.45, 7) is 2.64. The lowest BCUT2D eigenvalue weighted by Crippen LogP contribution is -2.67. The summed E-state index contributed by atoms with van der Waals surface area (Å²) in [5, 5.41) is 0. The number of hydrogen-bond acceptors (Lipinski definition) is 1. The predicted molar refractivity (Wildman–Crippen MR) is 85.3 cm³/mol. The van der Waals surface area contributed by atoms with Gasteiger partial charge in [-0.1, -0.05) is 37.6 Å². The Morgan fingerprint density at radius 2 is 1.20 bits per heavy atom. The predicted octanol–water partition coefficient (Wildman–Crippen LogP) is 6.99. The minimum absolute atomic E-state index is 0.189. The molecule has 0 aliphatic heterocycles. The third kappa shape index (κ3) is 4.38. The molecule has 0 fully saturated rings. The molecule has 0 saturated carbocycles. The van der Waals surface area contributed by atoms with E-state index in [4.69, 9.17) is 4.74 Å². The molecule has 12 heteroatoms. The highest BCUT2D eigenvalue weighted by molar-refractivity contribution is 5.28. The van der Waals surface area contributed by atoms with Gasteiger partial charge in [0.2, 0.25) is 0 Å². The van der Waals surface area contributed by atoms with E-state index in [1.807, 2.05) is 6.92 Å². The zero-order valence-electron chi connectivity index (χ0n) is 16.0. The van der Waals surface area contributed by atoms with Crippen LogP contribution in [0.2, 0.25) is 0 Å². The molecule has 1 rings (SSSR count). The standard InChI is InChI=1S/C18H19F11O/c1-4-5-11-6-8-12(9-7-11)13(2,30-3)10-14(19,20)15(21,22)16(23,24)17(25,26)18(27,28)29/h6-9H,4-5,10H2,1-3H3. The van der Waals surface area contributed by atoms with Crippen LogP contribution in [0.15, 0.2) is 24.3 Å². The van der Waals surface area contributed by atoms with Gasteiger partial charge < -0.3 is 4.74 Å². The van der Waals surface area contributed by atoms with Gasteiger partial charge in [-0.15, -0.1) is 0 Å². The average Bonchev–Trinajstić information content (AvgIpc) is 2.60. The van der Waals surface area contributed by atoms with Crippen molar-refractivity contribution < 1.29 is 53.0 Å². The Kier molecular flexibility index (Phi) is 7.19. The van der Waals surface area contributed by atoms with E-state index in [1.54, 1.807) is 0 Å². The summed E-state index contributed by atoms with van der Waals surface area (Å²) < 4.78 is 150. The second-order valence-electron chi connectivity index (χ2n) is 6.98. The molecule has 174 valence electrons. The molecule has 1 nitrogen and oxygen atoms in total. The highest BCUT2D eigenvalue weighted by atomic mass is 19.4.